The fourth-order valence-electron chi connectivity index (χ4n) is 3.28. The molecule has 1 aliphatic carbocycles. The number of hydrogen-bond donors (Lipinski definition) is 1. The van der Waals surface area contributed by atoms with Crippen molar-refractivity contribution in [3.8, 4) is 0 Å². The van der Waals surface area contributed by atoms with Crippen LogP contribution in [0.2, 0.25) is 0 Å². The Morgan fingerprint density at radius 3 is 2.89 bits per heavy atom. The summed E-state index contributed by atoms with van der Waals surface area (Å²) in [4.78, 5) is 0. The van der Waals surface area contributed by atoms with E-state index >= 15 is 0 Å². The normalized spacial score (nSPS) is 24.0. The molecule has 19 heavy (non-hydrogen) atoms. The van der Waals surface area contributed by atoms with E-state index in [4.69, 9.17) is 0 Å². The summed E-state index contributed by atoms with van der Waals surface area (Å²) in [5.41, 5.74) is 1.47. The van der Waals surface area contributed by atoms with E-state index in [0.717, 1.165) is 25.4 Å². The van der Waals surface area contributed by atoms with E-state index in [2.05, 4.69) is 41.9 Å². The lowest BCUT2D eigenvalue weighted by Gasteiger charge is -2.32. The number of nitrogens with zero attached hydrogens (tertiary/aromatic N) is 2. The van der Waals surface area contributed by atoms with Crippen LogP contribution in [-0.2, 0) is 6.54 Å². The van der Waals surface area contributed by atoms with E-state index in [1.165, 1.54) is 31.4 Å². The minimum atomic E-state index is 0.586. The summed E-state index contributed by atoms with van der Waals surface area (Å²) >= 11 is 0. The minimum absolute atomic E-state index is 0.586. The van der Waals surface area contributed by atoms with Crippen LogP contribution in [0.25, 0.3) is 0 Å². The molecule has 0 aromatic carbocycles. The molecule has 1 aromatic rings. The van der Waals surface area contributed by atoms with Gasteiger partial charge in [0.15, 0.2) is 0 Å². The number of hydrogen-bond acceptors (Lipinski definition) is 2. The summed E-state index contributed by atoms with van der Waals surface area (Å²) in [5, 5.41) is 8.14. The smallest absolute Gasteiger partial charge is 0.0492 e. The first-order valence-electron chi connectivity index (χ1n) is 7.97. The predicted octanol–water partition coefficient (Wildman–Crippen LogP) is 3.56. The Labute approximate surface area is 117 Å². The van der Waals surface area contributed by atoms with E-state index in [-0.39, 0.29) is 0 Å². The molecular weight excluding hydrogens is 234 g/mol. The standard InChI is InChI=1S/C16H29N3/c1-4-11-19-16(9-10-18-19)15-8-6-5-7-14(15)12-17-13(2)3/h9-10,13-15,17H,4-8,11-12H2,1-3H3. The molecule has 0 radical (unpaired) electrons. The zero-order valence-corrected chi connectivity index (χ0v) is 12.7. The lowest BCUT2D eigenvalue weighted by atomic mass is 9.77. The van der Waals surface area contributed by atoms with Crippen molar-refractivity contribution in [3.63, 3.8) is 0 Å². The average molecular weight is 263 g/mol. The molecule has 0 aliphatic heterocycles. The molecule has 1 N–H and O–H groups in total. The van der Waals surface area contributed by atoms with Gasteiger partial charge in [0, 0.05) is 30.4 Å². The van der Waals surface area contributed by atoms with Gasteiger partial charge in [0.1, 0.15) is 0 Å². The highest BCUT2D eigenvalue weighted by atomic mass is 15.3. The van der Waals surface area contributed by atoms with Gasteiger partial charge < -0.3 is 5.32 Å². The van der Waals surface area contributed by atoms with Crippen LogP contribution >= 0.6 is 0 Å². The van der Waals surface area contributed by atoms with Crippen LogP contribution < -0.4 is 5.32 Å². The van der Waals surface area contributed by atoms with Crippen molar-refractivity contribution < 1.29 is 0 Å². The number of aryl methyl sites for hydroxylation is 1. The highest BCUT2D eigenvalue weighted by molar-refractivity contribution is 5.11. The fraction of sp³-hybridized carbons (Fsp3) is 0.812. The molecule has 0 saturated heterocycles. The van der Waals surface area contributed by atoms with Crippen LogP contribution in [0.3, 0.4) is 0 Å². The van der Waals surface area contributed by atoms with Crippen LogP contribution in [0.1, 0.15) is 64.5 Å². The minimum Gasteiger partial charge on any atom is -0.314 e. The number of aromatic nitrogens is 2. The van der Waals surface area contributed by atoms with Crippen LogP contribution in [-0.4, -0.2) is 22.4 Å². The molecular formula is C16H29N3. The van der Waals surface area contributed by atoms with Crippen molar-refractivity contribution in [2.24, 2.45) is 5.92 Å². The SMILES string of the molecule is CCCn1nccc1C1CCCCC1CNC(C)C. The maximum atomic E-state index is 4.51. The van der Waals surface area contributed by atoms with Crippen LogP contribution in [0.4, 0.5) is 0 Å². The monoisotopic (exact) mass is 263 g/mol. The maximum Gasteiger partial charge on any atom is 0.0492 e. The summed E-state index contributed by atoms with van der Waals surface area (Å²) in [6.07, 6.45) is 8.60. The van der Waals surface area contributed by atoms with Gasteiger partial charge in [0.25, 0.3) is 0 Å². The third-order valence-electron chi connectivity index (χ3n) is 4.26. The Morgan fingerprint density at radius 1 is 1.37 bits per heavy atom. The molecule has 1 heterocycles. The molecule has 0 spiro atoms. The molecule has 108 valence electrons. The lowest BCUT2D eigenvalue weighted by Crippen LogP contribution is -2.34. The van der Waals surface area contributed by atoms with Gasteiger partial charge in [-0.05, 0) is 37.8 Å². The molecule has 3 heteroatoms. The quantitative estimate of drug-likeness (QED) is 0.850. The molecule has 1 saturated carbocycles. The van der Waals surface area contributed by atoms with Crippen LogP contribution in [0.15, 0.2) is 12.3 Å². The van der Waals surface area contributed by atoms with Gasteiger partial charge >= 0.3 is 0 Å². The van der Waals surface area contributed by atoms with E-state index < -0.39 is 0 Å². The van der Waals surface area contributed by atoms with E-state index in [0.29, 0.717) is 12.0 Å². The van der Waals surface area contributed by atoms with Gasteiger partial charge in [-0.2, -0.15) is 5.10 Å². The van der Waals surface area contributed by atoms with Gasteiger partial charge in [-0.1, -0.05) is 33.6 Å². The third-order valence-corrected chi connectivity index (χ3v) is 4.26. The first-order valence-corrected chi connectivity index (χ1v) is 7.97. The molecule has 0 amide bonds. The Balaban J connectivity index is 2.07. The molecule has 2 rings (SSSR count). The zero-order chi connectivity index (χ0) is 13.7. The molecule has 2 unspecified atom stereocenters. The molecule has 0 bridgehead atoms. The Bertz CT molecular complexity index is 370. The lowest BCUT2D eigenvalue weighted by molar-refractivity contribution is 0.277. The Morgan fingerprint density at radius 2 is 2.16 bits per heavy atom. The summed E-state index contributed by atoms with van der Waals surface area (Å²) in [7, 11) is 0. The number of rotatable bonds is 6. The zero-order valence-electron chi connectivity index (χ0n) is 12.7. The van der Waals surface area contributed by atoms with E-state index in [1.807, 2.05) is 6.20 Å². The van der Waals surface area contributed by atoms with Crippen molar-refractivity contribution in [2.75, 3.05) is 6.54 Å². The summed E-state index contributed by atoms with van der Waals surface area (Å²) < 4.78 is 2.23. The summed E-state index contributed by atoms with van der Waals surface area (Å²) in [6, 6.07) is 2.83. The van der Waals surface area contributed by atoms with E-state index in [9.17, 15) is 0 Å². The first-order chi connectivity index (χ1) is 9.22. The highest BCUT2D eigenvalue weighted by Gasteiger charge is 2.28. The largest absolute Gasteiger partial charge is 0.314 e. The molecule has 1 aromatic heterocycles. The first kappa shape index (κ1) is 14.6. The van der Waals surface area contributed by atoms with Crippen molar-refractivity contribution in [2.45, 2.75) is 71.4 Å². The van der Waals surface area contributed by atoms with Crippen molar-refractivity contribution in [1.82, 2.24) is 15.1 Å². The molecule has 2 atom stereocenters. The Kier molecular flexibility index (Phi) is 5.44. The molecule has 3 nitrogen and oxygen atoms in total. The Hall–Kier alpha value is -0.830. The van der Waals surface area contributed by atoms with Crippen molar-refractivity contribution in [1.29, 1.82) is 0 Å². The van der Waals surface area contributed by atoms with Gasteiger partial charge in [-0.3, -0.25) is 4.68 Å². The fourth-order valence-corrected chi connectivity index (χ4v) is 3.28. The van der Waals surface area contributed by atoms with Crippen LogP contribution in [0, 0.1) is 5.92 Å². The van der Waals surface area contributed by atoms with E-state index in [1.54, 1.807) is 0 Å². The van der Waals surface area contributed by atoms with Crippen molar-refractivity contribution >= 4 is 0 Å². The summed E-state index contributed by atoms with van der Waals surface area (Å²) in [6.45, 7) is 8.91. The topological polar surface area (TPSA) is 29.9 Å². The van der Waals surface area contributed by atoms with Gasteiger partial charge in [0.05, 0.1) is 0 Å². The maximum absolute atomic E-state index is 4.51. The molecule has 1 fully saturated rings. The van der Waals surface area contributed by atoms with Gasteiger partial charge in [-0.25, -0.2) is 0 Å². The third kappa shape index (κ3) is 3.82. The number of nitrogens with one attached hydrogen (secondary N) is 1. The second kappa shape index (κ2) is 7.09. The van der Waals surface area contributed by atoms with Crippen LogP contribution in [0.5, 0.6) is 0 Å². The van der Waals surface area contributed by atoms with Gasteiger partial charge in [0.2, 0.25) is 0 Å². The predicted molar refractivity (Wildman–Crippen MR) is 80.4 cm³/mol. The summed E-state index contributed by atoms with van der Waals surface area (Å²) in [5.74, 6) is 1.48. The second-order valence-corrected chi connectivity index (χ2v) is 6.19. The average Bonchev–Trinajstić information content (AvgIpc) is 2.85. The molecule has 1 aliphatic rings. The highest BCUT2D eigenvalue weighted by Crippen LogP contribution is 2.37. The van der Waals surface area contributed by atoms with Crippen molar-refractivity contribution in [3.05, 3.63) is 18.0 Å². The second-order valence-electron chi connectivity index (χ2n) is 6.19. The van der Waals surface area contributed by atoms with Gasteiger partial charge in [-0.15, -0.1) is 0 Å².